The van der Waals surface area contributed by atoms with Gasteiger partial charge in [-0.2, -0.15) is 0 Å². The SMILES string of the molecule is Cc1[nH]c2c(N)nc3ccccc3c2[n+]1CCN=C(N)N. The second kappa shape index (κ2) is 4.93. The first-order valence-corrected chi connectivity index (χ1v) is 6.69. The smallest absolute Gasteiger partial charge is 0.252 e. The van der Waals surface area contributed by atoms with Gasteiger partial charge in [0.1, 0.15) is 6.54 Å². The number of guanidine groups is 1. The van der Waals surface area contributed by atoms with Gasteiger partial charge in [0.15, 0.2) is 17.3 Å². The van der Waals surface area contributed by atoms with Crippen LogP contribution in [0, 0.1) is 6.92 Å². The Kier molecular flexibility index (Phi) is 3.09. The molecule has 0 saturated heterocycles. The summed E-state index contributed by atoms with van der Waals surface area (Å²) in [5, 5.41) is 1.05. The molecule has 0 spiro atoms. The van der Waals surface area contributed by atoms with Gasteiger partial charge in [-0.05, 0) is 12.1 Å². The molecule has 108 valence electrons. The maximum atomic E-state index is 6.06. The zero-order valence-corrected chi connectivity index (χ0v) is 11.8. The molecule has 0 amide bonds. The highest BCUT2D eigenvalue weighted by atomic mass is 15.1. The molecule has 7 N–H and O–H groups in total. The van der Waals surface area contributed by atoms with Gasteiger partial charge < -0.3 is 17.2 Å². The van der Waals surface area contributed by atoms with Gasteiger partial charge in [-0.1, -0.05) is 12.1 Å². The fraction of sp³-hybridized carbons (Fsp3) is 0.214. The number of nitrogens with one attached hydrogen (secondary N) is 1. The Morgan fingerprint density at radius 1 is 1.33 bits per heavy atom. The Bertz CT molecular complexity index is 843. The van der Waals surface area contributed by atoms with Gasteiger partial charge >= 0.3 is 0 Å². The van der Waals surface area contributed by atoms with Crippen LogP contribution in [0.25, 0.3) is 21.9 Å². The molecule has 0 fully saturated rings. The lowest BCUT2D eigenvalue weighted by atomic mass is 10.2. The van der Waals surface area contributed by atoms with Crippen molar-refractivity contribution in [1.82, 2.24) is 9.97 Å². The number of nitrogens with two attached hydrogens (primary N) is 3. The average Bonchev–Trinajstić information content (AvgIpc) is 2.77. The van der Waals surface area contributed by atoms with E-state index in [2.05, 4.69) is 19.5 Å². The van der Waals surface area contributed by atoms with E-state index >= 15 is 0 Å². The summed E-state index contributed by atoms with van der Waals surface area (Å²) in [6.45, 7) is 3.16. The number of aromatic nitrogens is 3. The summed E-state index contributed by atoms with van der Waals surface area (Å²) in [6, 6.07) is 7.93. The molecule has 0 atom stereocenters. The molecule has 0 unspecified atom stereocenters. The van der Waals surface area contributed by atoms with E-state index < -0.39 is 0 Å². The molecule has 1 aromatic carbocycles. The highest BCUT2D eigenvalue weighted by Gasteiger charge is 2.20. The van der Waals surface area contributed by atoms with Crippen LogP contribution in [0.15, 0.2) is 29.3 Å². The molecule has 3 rings (SSSR count). The van der Waals surface area contributed by atoms with Gasteiger partial charge in [-0.15, -0.1) is 0 Å². The van der Waals surface area contributed by atoms with E-state index in [9.17, 15) is 0 Å². The van der Waals surface area contributed by atoms with Crippen molar-refractivity contribution in [3.63, 3.8) is 0 Å². The second-order valence-electron chi connectivity index (χ2n) is 4.91. The van der Waals surface area contributed by atoms with E-state index in [1.807, 2.05) is 31.2 Å². The summed E-state index contributed by atoms with van der Waals surface area (Å²) in [7, 11) is 0. The molecule has 0 bridgehead atoms. The molecule has 21 heavy (non-hydrogen) atoms. The minimum Gasteiger partial charge on any atom is -0.380 e. The normalized spacial score (nSPS) is 11.1. The highest BCUT2D eigenvalue weighted by molar-refractivity contribution is 6.04. The maximum absolute atomic E-state index is 6.06. The third kappa shape index (κ3) is 2.22. The lowest BCUT2D eigenvalue weighted by molar-refractivity contribution is -0.673. The molecule has 0 saturated carbocycles. The Morgan fingerprint density at radius 2 is 2.10 bits per heavy atom. The number of aryl methyl sites for hydroxylation is 1. The number of nitrogens with zero attached hydrogens (tertiary/aromatic N) is 3. The number of pyridine rings is 1. The lowest BCUT2D eigenvalue weighted by Gasteiger charge is -2.02. The van der Waals surface area contributed by atoms with Crippen molar-refractivity contribution in [2.75, 3.05) is 12.3 Å². The number of nitrogen functional groups attached to an aromatic ring is 1. The predicted octanol–water partition coefficient (Wildman–Crippen LogP) is 0.168. The standard InChI is InChI=1S/C14H17N7/c1-8-19-11-12(21(8)7-6-18-14(16)17)9-4-2-3-5-10(9)20-13(11)15/h2-5H,6-7H2,1H3,(H6,15,16,17,18,20)/p+1. The van der Waals surface area contributed by atoms with Gasteiger partial charge in [-0.25, -0.2) is 19.5 Å². The Labute approximate surface area is 121 Å². The second-order valence-corrected chi connectivity index (χ2v) is 4.91. The van der Waals surface area contributed by atoms with Crippen LogP contribution in [0.3, 0.4) is 0 Å². The van der Waals surface area contributed by atoms with Gasteiger partial charge in [0.2, 0.25) is 5.52 Å². The number of rotatable bonds is 3. The first-order chi connectivity index (χ1) is 10.1. The zero-order chi connectivity index (χ0) is 15.0. The Hall–Kier alpha value is -2.83. The first-order valence-electron chi connectivity index (χ1n) is 6.69. The predicted molar refractivity (Wildman–Crippen MR) is 83.6 cm³/mol. The molecular formula is C14H18N7+. The number of aromatic amines is 1. The number of aliphatic imine (C=N–C) groups is 1. The van der Waals surface area contributed by atoms with Crippen molar-refractivity contribution >= 4 is 33.7 Å². The van der Waals surface area contributed by atoms with Gasteiger partial charge in [-0.3, -0.25) is 0 Å². The van der Waals surface area contributed by atoms with Crippen molar-refractivity contribution in [1.29, 1.82) is 0 Å². The number of H-pyrrole nitrogens is 1. The average molecular weight is 284 g/mol. The molecule has 0 radical (unpaired) electrons. The van der Waals surface area contributed by atoms with E-state index in [-0.39, 0.29) is 5.96 Å². The van der Waals surface area contributed by atoms with Gasteiger partial charge in [0.25, 0.3) is 5.82 Å². The van der Waals surface area contributed by atoms with Gasteiger partial charge in [0, 0.05) is 6.92 Å². The molecule has 0 aliphatic heterocycles. The van der Waals surface area contributed by atoms with E-state index in [0.717, 1.165) is 27.8 Å². The van der Waals surface area contributed by atoms with Gasteiger partial charge in [0.05, 0.1) is 17.4 Å². The number of anilines is 1. The third-order valence-electron chi connectivity index (χ3n) is 3.49. The zero-order valence-electron chi connectivity index (χ0n) is 11.8. The van der Waals surface area contributed by atoms with Crippen LogP contribution in [0.4, 0.5) is 5.82 Å². The van der Waals surface area contributed by atoms with Crippen LogP contribution in [-0.2, 0) is 6.54 Å². The molecular weight excluding hydrogens is 266 g/mol. The highest BCUT2D eigenvalue weighted by Crippen LogP contribution is 2.24. The fourth-order valence-corrected chi connectivity index (χ4v) is 2.59. The number of benzene rings is 1. The molecule has 2 aromatic heterocycles. The summed E-state index contributed by atoms with van der Waals surface area (Å²) in [4.78, 5) is 11.8. The van der Waals surface area contributed by atoms with E-state index in [1.165, 1.54) is 0 Å². The Morgan fingerprint density at radius 3 is 2.86 bits per heavy atom. The molecule has 7 nitrogen and oxygen atoms in total. The minimum absolute atomic E-state index is 0.0964. The third-order valence-corrected chi connectivity index (χ3v) is 3.49. The van der Waals surface area contributed by atoms with E-state index in [0.29, 0.717) is 18.9 Å². The van der Waals surface area contributed by atoms with Crippen molar-refractivity contribution in [2.45, 2.75) is 13.5 Å². The minimum atomic E-state index is 0.0964. The lowest BCUT2D eigenvalue weighted by Crippen LogP contribution is -2.38. The van der Waals surface area contributed by atoms with E-state index in [4.69, 9.17) is 17.2 Å². The largest absolute Gasteiger partial charge is 0.380 e. The summed E-state index contributed by atoms with van der Waals surface area (Å²) < 4.78 is 2.13. The maximum Gasteiger partial charge on any atom is 0.252 e. The molecule has 7 heteroatoms. The molecule has 0 aliphatic rings. The number of para-hydroxylation sites is 1. The Balaban J connectivity index is 2.23. The van der Waals surface area contributed by atoms with Crippen LogP contribution in [0.2, 0.25) is 0 Å². The van der Waals surface area contributed by atoms with Crippen LogP contribution in [0.5, 0.6) is 0 Å². The summed E-state index contributed by atoms with van der Waals surface area (Å²) >= 11 is 0. The van der Waals surface area contributed by atoms with Crippen molar-refractivity contribution in [3.8, 4) is 0 Å². The quantitative estimate of drug-likeness (QED) is 0.311. The summed E-state index contributed by atoms with van der Waals surface area (Å²) in [6.07, 6.45) is 0. The van der Waals surface area contributed by atoms with Crippen molar-refractivity contribution < 1.29 is 4.57 Å². The number of hydrogen-bond donors (Lipinski definition) is 4. The number of imidazole rings is 1. The monoisotopic (exact) mass is 284 g/mol. The van der Waals surface area contributed by atoms with Crippen LogP contribution in [0.1, 0.15) is 5.82 Å². The topological polar surface area (TPSA) is 123 Å². The molecule has 0 aliphatic carbocycles. The van der Waals surface area contributed by atoms with Crippen molar-refractivity contribution in [3.05, 3.63) is 30.1 Å². The number of hydrogen-bond acceptors (Lipinski definition) is 3. The van der Waals surface area contributed by atoms with Crippen LogP contribution in [-0.4, -0.2) is 22.5 Å². The van der Waals surface area contributed by atoms with E-state index in [1.54, 1.807) is 0 Å². The van der Waals surface area contributed by atoms with Crippen molar-refractivity contribution in [2.24, 2.45) is 16.5 Å². The summed E-state index contributed by atoms with van der Waals surface area (Å²) in [5.74, 6) is 1.58. The van der Waals surface area contributed by atoms with Crippen LogP contribution < -0.4 is 21.8 Å². The first kappa shape index (κ1) is 13.2. The summed E-state index contributed by atoms with van der Waals surface area (Å²) in [5.41, 5.74) is 19.6. The molecule has 3 aromatic rings. The molecule has 2 heterocycles. The van der Waals surface area contributed by atoms with Crippen LogP contribution >= 0.6 is 0 Å². The number of fused-ring (bicyclic) bond motifs is 3. The fourth-order valence-electron chi connectivity index (χ4n) is 2.59.